The molecule has 4 heteroatoms. The largest absolute Gasteiger partial charge is 0.480 e. The number of hydrogen-bond acceptors (Lipinski definition) is 3. The Balaban J connectivity index is 2.87. The lowest BCUT2D eigenvalue weighted by atomic mass is 10.1. The van der Waals surface area contributed by atoms with Crippen molar-refractivity contribution in [1.82, 2.24) is 0 Å². The number of aliphatic carboxylic acids is 1. The van der Waals surface area contributed by atoms with Gasteiger partial charge in [-0.2, -0.15) is 0 Å². The van der Waals surface area contributed by atoms with Crippen LogP contribution in [0.2, 0.25) is 0 Å². The number of carboxylic acid groups (broad SMARTS) is 1. The van der Waals surface area contributed by atoms with Crippen LogP contribution in [0.5, 0.6) is 0 Å². The zero-order chi connectivity index (χ0) is 12.3. The van der Waals surface area contributed by atoms with Gasteiger partial charge in [0.05, 0.1) is 0 Å². The van der Waals surface area contributed by atoms with Gasteiger partial charge in [-0.15, -0.1) is 0 Å². The summed E-state index contributed by atoms with van der Waals surface area (Å²) >= 11 is 0. The average Bonchev–Trinajstić information content (AvgIpc) is 2.20. The van der Waals surface area contributed by atoms with Gasteiger partial charge in [0.1, 0.15) is 6.04 Å². The van der Waals surface area contributed by atoms with Crippen molar-refractivity contribution in [2.45, 2.75) is 19.9 Å². The van der Waals surface area contributed by atoms with E-state index < -0.39 is 12.0 Å². The standard InChI is InChI=1S/C12H18N2O2/c1-8-7-10(14(3)4)5-6-11(8)13-9(2)12(15)16/h5-7,9,13H,1-4H3,(H,15,16). The van der Waals surface area contributed by atoms with Crippen molar-refractivity contribution in [2.24, 2.45) is 0 Å². The molecule has 1 aromatic rings. The minimum Gasteiger partial charge on any atom is -0.480 e. The lowest BCUT2D eigenvalue weighted by Gasteiger charge is -2.17. The average molecular weight is 222 g/mol. The van der Waals surface area contributed by atoms with Crippen LogP contribution in [0.25, 0.3) is 0 Å². The number of rotatable bonds is 4. The minimum absolute atomic E-state index is 0.580. The third kappa shape index (κ3) is 2.89. The predicted octanol–water partition coefficient (Wildman–Crippen LogP) is 1.95. The van der Waals surface area contributed by atoms with Crippen LogP contribution in [0, 0.1) is 6.92 Å². The predicted molar refractivity (Wildman–Crippen MR) is 66.2 cm³/mol. The Hall–Kier alpha value is -1.71. The second-order valence-corrected chi connectivity index (χ2v) is 4.10. The number of nitrogens with zero attached hydrogens (tertiary/aromatic N) is 1. The van der Waals surface area contributed by atoms with E-state index >= 15 is 0 Å². The SMILES string of the molecule is Cc1cc(N(C)C)ccc1NC(C)C(=O)O. The van der Waals surface area contributed by atoms with E-state index in [-0.39, 0.29) is 0 Å². The number of carboxylic acids is 1. The third-order valence-corrected chi connectivity index (χ3v) is 2.47. The molecular weight excluding hydrogens is 204 g/mol. The van der Waals surface area contributed by atoms with Crippen LogP contribution < -0.4 is 10.2 Å². The maximum atomic E-state index is 10.7. The monoisotopic (exact) mass is 222 g/mol. The summed E-state index contributed by atoms with van der Waals surface area (Å²) in [5.74, 6) is -0.851. The second kappa shape index (κ2) is 4.88. The smallest absolute Gasteiger partial charge is 0.325 e. The summed E-state index contributed by atoms with van der Waals surface area (Å²) in [6.45, 7) is 3.59. The topological polar surface area (TPSA) is 52.6 Å². The fourth-order valence-corrected chi connectivity index (χ4v) is 1.38. The molecule has 0 aliphatic rings. The highest BCUT2D eigenvalue weighted by atomic mass is 16.4. The van der Waals surface area contributed by atoms with Gasteiger partial charge >= 0.3 is 5.97 Å². The fraction of sp³-hybridized carbons (Fsp3) is 0.417. The maximum Gasteiger partial charge on any atom is 0.325 e. The zero-order valence-corrected chi connectivity index (χ0v) is 10.1. The lowest BCUT2D eigenvalue weighted by molar-refractivity contribution is -0.137. The van der Waals surface area contributed by atoms with Crippen LogP contribution in [0.4, 0.5) is 11.4 Å². The van der Waals surface area contributed by atoms with E-state index in [0.717, 1.165) is 16.9 Å². The molecule has 0 bridgehead atoms. The highest BCUT2D eigenvalue weighted by molar-refractivity contribution is 5.77. The first kappa shape index (κ1) is 12.4. The van der Waals surface area contributed by atoms with E-state index in [1.165, 1.54) is 0 Å². The highest BCUT2D eigenvalue weighted by Crippen LogP contribution is 2.21. The Morgan fingerprint density at radius 1 is 1.44 bits per heavy atom. The van der Waals surface area contributed by atoms with Crippen LogP contribution in [-0.4, -0.2) is 31.2 Å². The van der Waals surface area contributed by atoms with Gasteiger partial charge in [-0.3, -0.25) is 4.79 Å². The van der Waals surface area contributed by atoms with E-state index in [4.69, 9.17) is 5.11 Å². The molecule has 0 heterocycles. The van der Waals surface area contributed by atoms with Crippen molar-refractivity contribution in [3.8, 4) is 0 Å². The third-order valence-electron chi connectivity index (χ3n) is 2.47. The molecule has 0 aliphatic carbocycles. The van der Waals surface area contributed by atoms with E-state index in [1.54, 1.807) is 6.92 Å². The number of benzene rings is 1. The van der Waals surface area contributed by atoms with Gasteiger partial charge in [0.2, 0.25) is 0 Å². The molecule has 0 spiro atoms. The minimum atomic E-state index is -0.851. The number of aryl methyl sites for hydroxylation is 1. The first-order valence-electron chi connectivity index (χ1n) is 5.19. The highest BCUT2D eigenvalue weighted by Gasteiger charge is 2.11. The van der Waals surface area contributed by atoms with Gasteiger partial charge in [0.25, 0.3) is 0 Å². The molecule has 0 radical (unpaired) electrons. The molecule has 1 unspecified atom stereocenters. The first-order chi connectivity index (χ1) is 7.41. The van der Waals surface area contributed by atoms with E-state index in [2.05, 4.69) is 5.32 Å². The van der Waals surface area contributed by atoms with Crippen LogP contribution >= 0.6 is 0 Å². The summed E-state index contributed by atoms with van der Waals surface area (Å²) in [5.41, 5.74) is 3.01. The molecule has 0 fully saturated rings. The summed E-state index contributed by atoms with van der Waals surface area (Å²) < 4.78 is 0. The van der Waals surface area contributed by atoms with Crippen LogP contribution in [0.3, 0.4) is 0 Å². The number of anilines is 2. The normalized spacial score (nSPS) is 12.0. The Morgan fingerprint density at radius 2 is 2.06 bits per heavy atom. The Morgan fingerprint density at radius 3 is 2.50 bits per heavy atom. The molecule has 2 N–H and O–H groups in total. The Bertz CT molecular complexity index is 389. The van der Waals surface area contributed by atoms with Crippen molar-refractivity contribution in [3.63, 3.8) is 0 Å². The molecular formula is C12H18N2O2. The van der Waals surface area contributed by atoms with Gasteiger partial charge < -0.3 is 15.3 Å². The zero-order valence-electron chi connectivity index (χ0n) is 10.1. The van der Waals surface area contributed by atoms with Crippen LogP contribution in [-0.2, 0) is 4.79 Å². The summed E-state index contributed by atoms with van der Waals surface area (Å²) in [6, 6.07) is 5.31. The first-order valence-corrected chi connectivity index (χ1v) is 5.19. The van der Waals surface area contributed by atoms with Gasteiger partial charge in [-0.25, -0.2) is 0 Å². The summed E-state index contributed by atoms with van der Waals surface area (Å²) in [5, 5.41) is 11.8. The van der Waals surface area contributed by atoms with Crippen molar-refractivity contribution in [2.75, 3.05) is 24.3 Å². The molecule has 1 aromatic carbocycles. The molecule has 88 valence electrons. The molecule has 0 saturated carbocycles. The molecule has 1 atom stereocenters. The maximum absolute atomic E-state index is 10.7. The van der Waals surface area contributed by atoms with Crippen molar-refractivity contribution in [1.29, 1.82) is 0 Å². The Kier molecular flexibility index (Phi) is 3.77. The molecule has 4 nitrogen and oxygen atoms in total. The van der Waals surface area contributed by atoms with Crippen molar-refractivity contribution >= 4 is 17.3 Å². The van der Waals surface area contributed by atoms with E-state index in [0.29, 0.717) is 0 Å². The second-order valence-electron chi connectivity index (χ2n) is 4.10. The van der Waals surface area contributed by atoms with Crippen LogP contribution in [0.1, 0.15) is 12.5 Å². The Labute approximate surface area is 95.9 Å². The number of nitrogens with one attached hydrogen (secondary N) is 1. The summed E-state index contributed by atoms with van der Waals surface area (Å²) in [7, 11) is 3.95. The molecule has 0 aliphatic heterocycles. The van der Waals surface area contributed by atoms with Gasteiger partial charge in [-0.1, -0.05) is 0 Å². The van der Waals surface area contributed by atoms with Crippen molar-refractivity contribution in [3.05, 3.63) is 23.8 Å². The molecule has 0 saturated heterocycles. The van der Waals surface area contributed by atoms with Crippen LogP contribution in [0.15, 0.2) is 18.2 Å². The quantitative estimate of drug-likeness (QED) is 0.817. The number of hydrogen-bond donors (Lipinski definition) is 2. The lowest BCUT2D eigenvalue weighted by Crippen LogP contribution is -2.25. The van der Waals surface area contributed by atoms with E-state index in [9.17, 15) is 4.79 Å². The summed E-state index contributed by atoms with van der Waals surface area (Å²) in [4.78, 5) is 12.7. The molecule has 16 heavy (non-hydrogen) atoms. The van der Waals surface area contributed by atoms with Gasteiger partial charge in [-0.05, 0) is 37.6 Å². The van der Waals surface area contributed by atoms with Crippen molar-refractivity contribution < 1.29 is 9.90 Å². The molecule has 0 amide bonds. The molecule has 0 aromatic heterocycles. The van der Waals surface area contributed by atoms with E-state index in [1.807, 2.05) is 44.1 Å². The van der Waals surface area contributed by atoms with Gasteiger partial charge in [0, 0.05) is 25.5 Å². The molecule has 1 rings (SSSR count). The number of carbonyl (C=O) groups is 1. The fourth-order valence-electron chi connectivity index (χ4n) is 1.38. The van der Waals surface area contributed by atoms with Gasteiger partial charge in [0.15, 0.2) is 0 Å². The summed E-state index contributed by atoms with van der Waals surface area (Å²) in [6.07, 6.45) is 0.